The molecule has 298 valence electrons. The van der Waals surface area contributed by atoms with E-state index in [0.717, 1.165) is 95.8 Å². The Bertz CT molecular complexity index is 2280. The van der Waals surface area contributed by atoms with Crippen LogP contribution < -0.4 is 5.32 Å². The van der Waals surface area contributed by atoms with Crippen molar-refractivity contribution in [2.45, 2.75) is 110 Å². The highest BCUT2D eigenvalue weighted by Gasteiger charge is 2.56. The van der Waals surface area contributed by atoms with Gasteiger partial charge in [0.05, 0.1) is 41.6 Å². The van der Waals surface area contributed by atoms with Gasteiger partial charge in [-0.3, -0.25) is 9.59 Å². The lowest BCUT2D eigenvalue weighted by Gasteiger charge is -2.30. The Labute approximate surface area is 335 Å². The van der Waals surface area contributed by atoms with Crippen LogP contribution in [0.2, 0.25) is 0 Å². The number of alkyl carbamates (subject to hydrolysis) is 1. The number of nitrogens with one attached hydrogen (secondary N) is 3. The Morgan fingerprint density at radius 1 is 0.789 bits per heavy atom. The van der Waals surface area contributed by atoms with Gasteiger partial charge < -0.3 is 29.8 Å². The van der Waals surface area contributed by atoms with Crippen molar-refractivity contribution < 1.29 is 19.1 Å². The summed E-state index contributed by atoms with van der Waals surface area (Å²) in [5, 5.41) is 2.78. The minimum absolute atomic E-state index is 0.0178. The molecule has 9 rings (SSSR count). The molecule has 3 amide bonds. The predicted molar refractivity (Wildman–Crippen MR) is 218 cm³/mol. The van der Waals surface area contributed by atoms with Gasteiger partial charge in [-0.25, -0.2) is 14.8 Å². The summed E-state index contributed by atoms with van der Waals surface area (Å²) in [6, 6.07) is 13.5. The molecule has 0 unspecified atom stereocenters. The third-order valence-corrected chi connectivity index (χ3v) is 13.6. The fourth-order valence-electron chi connectivity index (χ4n) is 9.13. The molecule has 0 radical (unpaired) electrons. The van der Waals surface area contributed by atoms with Crippen molar-refractivity contribution in [1.82, 2.24) is 35.1 Å². The summed E-state index contributed by atoms with van der Waals surface area (Å²) in [6.45, 7) is 11.7. The topological polar surface area (TPSA) is 136 Å². The van der Waals surface area contributed by atoms with E-state index in [4.69, 9.17) is 14.7 Å². The van der Waals surface area contributed by atoms with Crippen molar-refractivity contribution in [3.63, 3.8) is 0 Å². The van der Waals surface area contributed by atoms with Gasteiger partial charge >= 0.3 is 6.09 Å². The molecule has 5 aliphatic rings. The van der Waals surface area contributed by atoms with Gasteiger partial charge in [0.2, 0.25) is 11.8 Å². The molecule has 57 heavy (non-hydrogen) atoms. The van der Waals surface area contributed by atoms with Crippen molar-refractivity contribution in [1.29, 1.82) is 0 Å². The SMILES string of the molecule is COC(=O)N[C@H](C(=O)N1CC2(CC2)C[C@H]1c1nc(C2CC2)c(-c2ccc(C#Cc3ccc4nc([C@@H]5CC6(CC6)CN5C(=O)[C@@H](C)C(C)C)[nH]c4c3)cc2)[nH]1)C(C)C. The average molecular weight is 770 g/mol. The summed E-state index contributed by atoms with van der Waals surface area (Å²) in [5.74, 6) is 9.16. The number of fused-ring (bicyclic) bond motifs is 1. The first-order chi connectivity index (χ1) is 27.3. The molecule has 4 atom stereocenters. The van der Waals surface area contributed by atoms with Crippen molar-refractivity contribution in [2.75, 3.05) is 20.2 Å². The van der Waals surface area contributed by atoms with Crippen LogP contribution in [0.4, 0.5) is 4.79 Å². The monoisotopic (exact) mass is 769 g/mol. The van der Waals surface area contributed by atoms with Crippen LogP contribution in [0.3, 0.4) is 0 Å². The number of carbonyl (C=O) groups is 3. The number of rotatable bonds is 9. The number of benzene rings is 2. The number of aromatic nitrogens is 4. The minimum atomic E-state index is -0.674. The fourth-order valence-corrected chi connectivity index (χ4v) is 9.13. The molecule has 0 bridgehead atoms. The molecule has 2 aliphatic heterocycles. The van der Waals surface area contributed by atoms with Gasteiger partial charge in [0.1, 0.15) is 17.7 Å². The maximum absolute atomic E-state index is 14.0. The molecule has 3 aliphatic carbocycles. The second-order valence-corrected chi connectivity index (χ2v) is 18.6. The van der Waals surface area contributed by atoms with Crippen LogP contribution in [0.1, 0.15) is 132 Å². The van der Waals surface area contributed by atoms with Crippen LogP contribution in [0.5, 0.6) is 0 Å². The van der Waals surface area contributed by atoms with Gasteiger partial charge in [-0.1, -0.05) is 58.6 Å². The normalized spacial score (nSPS) is 22.6. The summed E-state index contributed by atoms with van der Waals surface area (Å²) >= 11 is 0. The predicted octanol–water partition coefficient (Wildman–Crippen LogP) is 8.01. The minimum Gasteiger partial charge on any atom is -0.453 e. The molecule has 4 heterocycles. The Hall–Kier alpha value is -5.11. The van der Waals surface area contributed by atoms with E-state index in [1.54, 1.807) is 0 Å². The largest absolute Gasteiger partial charge is 0.453 e. The Kier molecular flexibility index (Phi) is 9.25. The fraction of sp³-hybridized carbons (Fsp3) is 0.543. The number of aromatic amines is 2. The number of imidazole rings is 2. The Morgan fingerprint density at radius 3 is 1.96 bits per heavy atom. The van der Waals surface area contributed by atoms with Crippen molar-refractivity contribution in [2.24, 2.45) is 28.6 Å². The van der Waals surface area contributed by atoms with E-state index >= 15 is 0 Å². The number of methoxy groups -OCH3 is 1. The molecule has 2 aromatic carbocycles. The van der Waals surface area contributed by atoms with Crippen molar-refractivity contribution in [3.8, 4) is 23.1 Å². The highest BCUT2D eigenvalue weighted by Crippen LogP contribution is 2.60. The van der Waals surface area contributed by atoms with Crippen LogP contribution in [0.15, 0.2) is 42.5 Å². The summed E-state index contributed by atoms with van der Waals surface area (Å²) in [4.78, 5) is 61.3. The summed E-state index contributed by atoms with van der Waals surface area (Å²) < 4.78 is 4.85. The lowest BCUT2D eigenvalue weighted by Crippen LogP contribution is -2.51. The molecule has 2 spiro atoms. The standard InChI is InChI=1S/C46H55N7O4/c1-26(2)28(5)42(54)52-24-45(17-18-45)22-35(52)40-47-33-16-11-30(21-34(33)48-40)8-7-29-9-12-31(13-10-29)38-39(32-14-15-32)50-41(49-38)36-23-46(19-20-46)25-53(36)43(55)37(27(3)4)51-44(56)57-6/h9-13,16,21,26-28,32,35-37H,14-15,17-20,22-25H2,1-6H3,(H,47,48)(H,49,50)(H,51,56)/t28-,35-,36-,37-/m0/s1. The highest BCUT2D eigenvalue weighted by molar-refractivity contribution is 5.87. The first kappa shape index (κ1) is 37.5. The van der Waals surface area contributed by atoms with Gasteiger partial charge in [-0.05, 0) is 110 Å². The zero-order chi connectivity index (χ0) is 39.8. The maximum atomic E-state index is 14.0. The van der Waals surface area contributed by atoms with Gasteiger partial charge in [-0.15, -0.1) is 0 Å². The lowest BCUT2D eigenvalue weighted by molar-refractivity contribution is -0.137. The third-order valence-electron chi connectivity index (χ3n) is 13.6. The molecule has 2 saturated heterocycles. The quantitative estimate of drug-likeness (QED) is 0.148. The highest BCUT2D eigenvalue weighted by atomic mass is 16.5. The van der Waals surface area contributed by atoms with Gasteiger partial charge in [-0.2, -0.15) is 0 Å². The number of amides is 3. The van der Waals surface area contributed by atoms with E-state index in [1.807, 2.05) is 37.8 Å². The molecule has 4 aromatic rings. The Morgan fingerprint density at radius 2 is 1.39 bits per heavy atom. The third kappa shape index (κ3) is 7.21. The summed E-state index contributed by atoms with van der Waals surface area (Å²) in [6.07, 6.45) is 8.04. The molecule has 11 nitrogen and oxygen atoms in total. The Balaban J connectivity index is 0.932. The smallest absolute Gasteiger partial charge is 0.407 e. The van der Waals surface area contributed by atoms with Gasteiger partial charge in [0.15, 0.2) is 0 Å². The van der Waals surface area contributed by atoms with Crippen molar-refractivity contribution in [3.05, 3.63) is 70.9 Å². The maximum Gasteiger partial charge on any atom is 0.407 e. The second kappa shape index (κ2) is 14.1. The van der Waals surface area contributed by atoms with Gasteiger partial charge in [0.25, 0.3) is 0 Å². The number of nitrogens with zero attached hydrogens (tertiary/aromatic N) is 4. The van der Waals surface area contributed by atoms with E-state index < -0.39 is 12.1 Å². The number of H-pyrrole nitrogens is 2. The van der Waals surface area contributed by atoms with E-state index in [1.165, 1.54) is 20.0 Å². The molecular weight excluding hydrogens is 715 g/mol. The molecule has 11 heteroatoms. The van der Waals surface area contributed by atoms with Crippen LogP contribution in [-0.4, -0.2) is 73.9 Å². The number of carbonyl (C=O) groups excluding carboxylic acids is 3. The number of ether oxygens (including phenoxy) is 1. The molecule has 2 aromatic heterocycles. The van der Waals surface area contributed by atoms with Gasteiger partial charge in [0, 0.05) is 36.1 Å². The van der Waals surface area contributed by atoms with E-state index in [0.29, 0.717) is 18.4 Å². The molecule has 5 fully saturated rings. The lowest BCUT2D eigenvalue weighted by atomic mass is 9.96. The molecule has 3 N–H and O–H groups in total. The van der Waals surface area contributed by atoms with Crippen LogP contribution in [0.25, 0.3) is 22.3 Å². The number of hydrogen-bond acceptors (Lipinski definition) is 6. The average Bonchev–Trinajstić information content (AvgIpc) is 4.15. The first-order valence-corrected chi connectivity index (χ1v) is 21.0. The van der Waals surface area contributed by atoms with Crippen LogP contribution in [-0.2, 0) is 14.3 Å². The zero-order valence-corrected chi connectivity index (χ0v) is 34.1. The van der Waals surface area contributed by atoms with E-state index in [9.17, 15) is 14.4 Å². The zero-order valence-electron chi connectivity index (χ0n) is 34.1. The summed E-state index contributed by atoms with van der Waals surface area (Å²) in [5.41, 5.74) is 7.16. The van der Waals surface area contributed by atoms with Crippen LogP contribution in [0, 0.1) is 40.4 Å². The van der Waals surface area contributed by atoms with E-state index in [-0.39, 0.29) is 46.6 Å². The number of likely N-dealkylation sites (tertiary alicyclic amines) is 2. The summed E-state index contributed by atoms with van der Waals surface area (Å²) in [7, 11) is 1.32. The van der Waals surface area contributed by atoms with E-state index in [2.05, 4.69) is 76.2 Å². The van der Waals surface area contributed by atoms with Crippen LogP contribution >= 0.6 is 0 Å². The second-order valence-electron chi connectivity index (χ2n) is 18.6. The van der Waals surface area contributed by atoms with Crippen molar-refractivity contribution >= 4 is 28.9 Å². The molecule has 3 saturated carbocycles. The number of hydrogen-bond donors (Lipinski definition) is 3. The first-order valence-electron chi connectivity index (χ1n) is 21.0. The molecular formula is C46H55N7O4.